The molecule has 0 spiro atoms. The van der Waals surface area contributed by atoms with Crippen molar-refractivity contribution in [3.05, 3.63) is 59.4 Å². The standard InChI is InChI=1S/C16H13ClN4O2S/c17-13-7-2-1-6-12(13)15-20-21-16(23-15)24-10-14(22)19-9-11-5-3-4-8-18-11/h1-8H,9-10H2,(H,19,22). The van der Waals surface area contributed by atoms with Crippen molar-refractivity contribution in [1.82, 2.24) is 20.5 Å². The van der Waals surface area contributed by atoms with Crippen LogP contribution < -0.4 is 5.32 Å². The van der Waals surface area contributed by atoms with Gasteiger partial charge < -0.3 is 9.73 Å². The lowest BCUT2D eigenvalue weighted by molar-refractivity contribution is -0.118. The second kappa shape index (κ2) is 7.94. The molecule has 8 heteroatoms. The highest BCUT2D eigenvalue weighted by Gasteiger charge is 2.13. The quantitative estimate of drug-likeness (QED) is 0.680. The molecule has 0 radical (unpaired) electrons. The molecule has 0 aliphatic carbocycles. The van der Waals surface area contributed by atoms with E-state index in [2.05, 4.69) is 20.5 Å². The lowest BCUT2D eigenvalue weighted by Gasteiger charge is -2.03. The minimum absolute atomic E-state index is 0.136. The first kappa shape index (κ1) is 16.5. The summed E-state index contributed by atoms with van der Waals surface area (Å²) in [6.45, 7) is 0.384. The number of carbonyl (C=O) groups is 1. The van der Waals surface area contributed by atoms with Crippen LogP contribution in [0.4, 0.5) is 0 Å². The summed E-state index contributed by atoms with van der Waals surface area (Å²) >= 11 is 7.26. The highest BCUT2D eigenvalue weighted by Crippen LogP contribution is 2.28. The Balaban J connectivity index is 1.52. The Morgan fingerprint density at radius 2 is 2.00 bits per heavy atom. The van der Waals surface area contributed by atoms with Gasteiger partial charge in [0.05, 0.1) is 28.6 Å². The second-order valence-electron chi connectivity index (χ2n) is 4.74. The van der Waals surface area contributed by atoms with Crippen LogP contribution >= 0.6 is 23.4 Å². The molecular weight excluding hydrogens is 348 g/mol. The molecule has 0 saturated heterocycles. The van der Waals surface area contributed by atoms with Crippen LogP contribution in [-0.2, 0) is 11.3 Å². The first-order chi connectivity index (χ1) is 11.7. The third kappa shape index (κ3) is 4.33. The van der Waals surface area contributed by atoms with Crippen LogP contribution in [0.15, 0.2) is 58.3 Å². The summed E-state index contributed by atoms with van der Waals surface area (Å²) in [5.41, 5.74) is 1.47. The summed E-state index contributed by atoms with van der Waals surface area (Å²) < 4.78 is 5.53. The molecule has 6 nitrogen and oxygen atoms in total. The molecule has 1 N–H and O–H groups in total. The molecule has 3 rings (SSSR count). The van der Waals surface area contributed by atoms with Gasteiger partial charge in [0, 0.05) is 6.20 Å². The largest absolute Gasteiger partial charge is 0.411 e. The summed E-state index contributed by atoms with van der Waals surface area (Å²) in [6.07, 6.45) is 1.69. The van der Waals surface area contributed by atoms with Gasteiger partial charge in [-0.3, -0.25) is 9.78 Å². The number of halogens is 1. The fraction of sp³-hybridized carbons (Fsp3) is 0.125. The van der Waals surface area contributed by atoms with Crippen LogP contribution in [0, 0.1) is 0 Å². The van der Waals surface area contributed by atoms with Gasteiger partial charge in [-0.05, 0) is 24.3 Å². The number of aromatic nitrogens is 3. The predicted molar refractivity (Wildman–Crippen MR) is 91.6 cm³/mol. The fourth-order valence-corrected chi connectivity index (χ4v) is 2.69. The Labute approximate surface area is 147 Å². The number of rotatable bonds is 6. The van der Waals surface area contributed by atoms with Gasteiger partial charge in [-0.1, -0.05) is 41.6 Å². The van der Waals surface area contributed by atoms with E-state index in [0.717, 1.165) is 5.69 Å². The van der Waals surface area contributed by atoms with E-state index in [1.165, 1.54) is 11.8 Å². The molecule has 0 fully saturated rings. The van der Waals surface area contributed by atoms with Crippen LogP contribution in [0.1, 0.15) is 5.69 Å². The van der Waals surface area contributed by atoms with Crippen molar-refractivity contribution in [2.75, 3.05) is 5.75 Å². The number of amides is 1. The Hall–Kier alpha value is -2.38. The Morgan fingerprint density at radius 1 is 1.17 bits per heavy atom. The molecule has 0 saturated carbocycles. The maximum Gasteiger partial charge on any atom is 0.277 e. The Morgan fingerprint density at radius 3 is 2.79 bits per heavy atom. The highest BCUT2D eigenvalue weighted by molar-refractivity contribution is 7.99. The Bertz CT molecular complexity index is 826. The smallest absolute Gasteiger partial charge is 0.277 e. The average Bonchev–Trinajstić information content (AvgIpc) is 3.08. The van der Waals surface area contributed by atoms with Gasteiger partial charge in [-0.2, -0.15) is 0 Å². The number of hydrogen-bond donors (Lipinski definition) is 1. The van der Waals surface area contributed by atoms with Crippen LogP contribution in [0.5, 0.6) is 0 Å². The second-order valence-corrected chi connectivity index (χ2v) is 6.07. The van der Waals surface area contributed by atoms with Crippen molar-refractivity contribution in [2.45, 2.75) is 11.8 Å². The SMILES string of the molecule is O=C(CSc1nnc(-c2ccccc2Cl)o1)NCc1ccccn1. The van der Waals surface area contributed by atoms with Gasteiger partial charge in [0.25, 0.3) is 5.22 Å². The molecule has 1 aromatic carbocycles. The molecule has 0 unspecified atom stereocenters. The molecule has 2 heterocycles. The lowest BCUT2D eigenvalue weighted by Crippen LogP contribution is -2.24. The fourth-order valence-electron chi connectivity index (χ4n) is 1.88. The number of carbonyl (C=O) groups excluding carboxylic acids is 1. The van der Waals surface area contributed by atoms with Crippen LogP contribution in [0.2, 0.25) is 5.02 Å². The first-order valence-corrected chi connectivity index (χ1v) is 8.46. The van der Waals surface area contributed by atoms with Crippen molar-refractivity contribution >= 4 is 29.3 Å². The highest BCUT2D eigenvalue weighted by atomic mass is 35.5. The van der Waals surface area contributed by atoms with Gasteiger partial charge in [-0.15, -0.1) is 10.2 Å². The monoisotopic (exact) mass is 360 g/mol. The van der Waals surface area contributed by atoms with Crippen molar-refractivity contribution in [2.24, 2.45) is 0 Å². The molecule has 0 atom stereocenters. The van der Waals surface area contributed by atoms with Crippen molar-refractivity contribution < 1.29 is 9.21 Å². The van der Waals surface area contributed by atoms with Gasteiger partial charge in [0.15, 0.2) is 0 Å². The van der Waals surface area contributed by atoms with Crippen LogP contribution in [-0.4, -0.2) is 26.8 Å². The maximum atomic E-state index is 11.8. The van der Waals surface area contributed by atoms with E-state index in [4.69, 9.17) is 16.0 Å². The average molecular weight is 361 g/mol. The molecule has 122 valence electrons. The molecule has 0 aliphatic heterocycles. The lowest BCUT2D eigenvalue weighted by atomic mass is 10.2. The normalized spacial score (nSPS) is 10.5. The van der Waals surface area contributed by atoms with Crippen LogP contribution in [0.3, 0.4) is 0 Å². The van der Waals surface area contributed by atoms with Crippen molar-refractivity contribution in [1.29, 1.82) is 0 Å². The zero-order valence-corrected chi connectivity index (χ0v) is 14.0. The first-order valence-electron chi connectivity index (χ1n) is 7.10. The number of nitrogens with zero attached hydrogens (tertiary/aromatic N) is 3. The van der Waals surface area contributed by atoms with Gasteiger partial charge in [0.2, 0.25) is 11.8 Å². The molecule has 1 amide bonds. The number of pyridine rings is 1. The topological polar surface area (TPSA) is 80.9 Å². The van der Waals surface area contributed by atoms with Gasteiger partial charge >= 0.3 is 0 Å². The van der Waals surface area contributed by atoms with E-state index in [-0.39, 0.29) is 11.7 Å². The summed E-state index contributed by atoms with van der Waals surface area (Å²) in [7, 11) is 0. The number of thioether (sulfide) groups is 1. The molecular formula is C16H13ClN4O2S. The van der Waals surface area contributed by atoms with Gasteiger partial charge in [-0.25, -0.2) is 0 Å². The molecule has 0 bridgehead atoms. The summed E-state index contributed by atoms with van der Waals surface area (Å²) in [6, 6.07) is 12.8. The molecule has 24 heavy (non-hydrogen) atoms. The van der Waals surface area contributed by atoms with E-state index in [1.807, 2.05) is 30.3 Å². The van der Waals surface area contributed by atoms with Gasteiger partial charge in [0.1, 0.15) is 0 Å². The van der Waals surface area contributed by atoms with E-state index in [1.54, 1.807) is 18.3 Å². The minimum atomic E-state index is -0.136. The van der Waals surface area contributed by atoms with E-state index in [9.17, 15) is 4.79 Å². The number of benzene rings is 1. The van der Waals surface area contributed by atoms with E-state index in [0.29, 0.717) is 28.2 Å². The van der Waals surface area contributed by atoms with E-state index < -0.39 is 0 Å². The molecule has 3 aromatic rings. The maximum absolute atomic E-state index is 11.8. The van der Waals surface area contributed by atoms with Crippen LogP contribution in [0.25, 0.3) is 11.5 Å². The van der Waals surface area contributed by atoms with E-state index >= 15 is 0 Å². The number of nitrogens with one attached hydrogen (secondary N) is 1. The zero-order chi connectivity index (χ0) is 16.8. The summed E-state index contributed by atoms with van der Waals surface area (Å²) in [5.74, 6) is 0.372. The summed E-state index contributed by atoms with van der Waals surface area (Å²) in [5, 5.41) is 11.5. The molecule has 0 aliphatic rings. The van der Waals surface area contributed by atoms with Crippen molar-refractivity contribution in [3.8, 4) is 11.5 Å². The van der Waals surface area contributed by atoms with Crippen molar-refractivity contribution in [3.63, 3.8) is 0 Å². The Kier molecular flexibility index (Phi) is 5.45. The predicted octanol–water partition coefficient (Wildman–Crippen LogP) is 3.19. The summed E-state index contributed by atoms with van der Waals surface area (Å²) in [4.78, 5) is 16.0. The number of hydrogen-bond acceptors (Lipinski definition) is 6. The third-order valence-corrected chi connectivity index (χ3v) is 4.18. The third-order valence-electron chi connectivity index (χ3n) is 3.03. The zero-order valence-electron chi connectivity index (χ0n) is 12.5. The molecule has 2 aromatic heterocycles. The minimum Gasteiger partial charge on any atom is -0.411 e.